The lowest BCUT2D eigenvalue weighted by Gasteiger charge is -2.12. The van der Waals surface area contributed by atoms with Gasteiger partial charge in [-0.3, -0.25) is 4.79 Å². The van der Waals surface area contributed by atoms with Crippen molar-refractivity contribution in [2.24, 2.45) is 0 Å². The number of aliphatic hydroxyl groups excluding tert-OH is 1. The number of hydrogen-bond donors (Lipinski definition) is 2. The second-order valence-corrected chi connectivity index (χ2v) is 5.01. The lowest BCUT2D eigenvalue weighted by molar-refractivity contribution is 0.0916. The zero-order valence-corrected chi connectivity index (χ0v) is 11.8. The molecule has 0 unspecified atom stereocenters. The average molecular weight is 269 g/mol. The lowest BCUT2D eigenvalue weighted by Crippen LogP contribution is -2.28. The maximum absolute atomic E-state index is 12.0. The van der Waals surface area contributed by atoms with Gasteiger partial charge in [-0.15, -0.1) is 0 Å². The predicted molar refractivity (Wildman–Crippen MR) is 79.7 cm³/mol. The number of aryl methyl sites for hydroxylation is 2. The molecule has 0 aliphatic heterocycles. The van der Waals surface area contributed by atoms with Gasteiger partial charge in [0.25, 0.3) is 5.91 Å². The van der Waals surface area contributed by atoms with E-state index in [1.165, 1.54) is 0 Å². The fourth-order valence-corrected chi connectivity index (χ4v) is 1.98. The van der Waals surface area contributed by atoms with Crippen LogP contribution in [-0.2, 0) is 0 Å². The molecule has 1 amide bonds. The van der Waals surface area contributed by atoms with Gasteiger partial charge in [0.15, 0.2) is 0 Å². The first-order valence-corrected chi connectivity index (χ1v) is 6.66. The number of hydrogen-bond acceptors (Lipinski definition) is 2. The van der Waals surface area contributed by atoms with Gasteiger partial charge in [-0.05, 0) is 31.5 Å². The number of rotatable bonds is 4. The summed E-state index contributed by atoms with van der Waals surface area (Å²) in [6.45, 7) is 4.14. The summed E-state index contributed by atoms with van der Waals surface area (Å²) in [6, 6.07) is 15.0. The van der Waals surface area contributed by atoms with E-state index in [2.05, 4.69) is 5.32 Å². The molecule has 2 aromatic carbocycles. The van der Waals surface area contributed by atoms with E-state index in [0.29, 0.717) is 5.56 Å². The van der Waals surface area contributed by atoms with Gasteiger partial charge >= 0.3 is 0 Å². The Morgan fingerprint density at radius 1 is 1.10 bits per heavy atom. The molecule has 0 saturated carbocycles. The van der Waals surface area contributed by atoms with Gasteiger partial charge in [-0.1, -0.05) is 47.5 Å². The molecular formula is C17H19NO2. The van der Waals surface area contributed by atoms with Gasteiger partial charge in [0.2, 0.25) is 0 Å². The Balaban J connectivity index is 1.94. The number of benzene rings is 2. The van der Waals surface area contributed by atoms with Crippen LogP contribution in [0.2, 0.25) is 0 Å². The third-order valence-electron chi connectivity index (χ3n) is 3.20. The first-order chi connectivity index (χ1) is 9.56. The molecule has 0 bridgehead atoms. The molecule has 0 heterocycles. The summed E-state index contributed by atoms with van der Waals surface area (Å²) in [5.41, 5.74) is 3.60. The minimum absolute atomic E-state index is 0.167. The summed E-state index contributed by atoms with van der Waals surface area (Å²) in [5, 5.41) is 12.8. The molecule has 0 radical (unpaired) electrons. The Bertz CT molecular complexity index is 590. The summed E-state index contributed by atoms with van der Waals surface area (Å²) >= 11 is 0. The van der Waals surface area contributed by atoms with Crippen LogP contribution in [0.4, 0.5) is 0 Å². The number of amides is 1. The van der Waals surface area contributed by atoms with Gasteiger partial charge in [-0.25, -0.2) is 0 Å². The third kappa shape index (κ3) is 3.68. The van der Waals surface area contributed by atoms with Gasteiger partial charge in [-0.2, -0.15) is 0 Å². The van der Waals surface area contributed by atoms with E-state index in [-0.39, 0.29) is 12.5 Å². The van der Waals surface area contributed by atoms with Crippen LogP contribution in [0.5, 0.6) is 0 Å². The molecule has 0 aromatic heterocycles. The molecule has 3 heteroatoms. The molecule has 2 rings (SSSR count). The maximum atomic E-state index is 12.0. The topological polar surface area (TPSA) is 49.3 Å². The van der Waals surface area contributed by atoms with E-state index in [1.54, 1.807) is 6.07 Å². The Hall–Kier alpha value is -2.13. The molecule has 2 aromatic rings. The van der Waals surface area contributed by atoms with Crippen LogP contribution in [0.3, 0.4) is 0 Å². The minimum Gasteiger partial charge on any atom is -0.387 e. The van der Waals surface area contributed by atoms with Crippen molar-refractivity contribution in [3.63, 3.8) is 0 Å². The van der Waals surface area contributed by atoms with Gasteiger partial charge in [0, 0.05) is 12.1 Å². The van der Waals surface area contributed by atoms with Crippen LogP contribution in [0.15, 0.2) is 48.5 Å². The molecular weight excluding hydrogens is 250 g/mol. The van der Waals surface area contributed by atoms with Crippen molar-refractivity contribution >= 4 is 5.91 Å². The predicted octanol–water partition coefficient (Wildman–Crippen LogP) is 2.77. The molecule has 3 nitrogen and oxygen atoms in total. The summed E-state index contributed by atoms with van der Waals surface area (Å²) in [4.78, 5) is 12.0. The fourth-order valence-electron chi connectivity index (χ4n) is 1.98. The quantitative estimate of drug-likeness (QED) is 0.896. The van der Waals surface area contributed by atoms with Crippen LogP contribution < -0.4 is 5.32 Å². The lowest BCUT2D eigenvalue weighted by atomic mass is 10.1. The Morgan fingerprint density at radius 3 is 2.45 bits per heavy atom. The van der Waals surface area contributed by atoms with E-state index in [1.807, 2.05) is 56.3 Å². The largest absolute Gasteiger partial charge is 0.387 e. The molecule has 0 saturated heterocycles. The fraction of sp³-hybridized carbons (Fsp3) is 0.235. The Morgan fingerprint density at radius 2 is 1.80 bits per heavy atom. The van der Waals surface area contributed by atoms with Crippen molar-refractivity contribution in [1.29, 1.82) is 0 Å². The highest BCUT2D eigenvalue weighted by Crippen LogP contribution is 2.13. The monoisotopic (exact) mass is 269 g/mol. The van der Waals surface area contributed by atoms with Crippen molar-refractivity contribution in [2.75, 3.05) is 6.54 Å². The summed E-state index contributed by atoms with van der Waals surface area (Å²) in [5.74, 6) is -0.167. The second kappa shape index (κ2) is 6.35. The summed E-state index contributed by atoms with van der Waals surface area (Å²) < 4.78 is 0. The van der Waals surface area contributed by atoms with Crippen molar-refractivity contribution in [3.8, 4) is 0 Å². The normalized spacial score (nSPS) is 11.9. The van der Waals surface area contributed by atoms with Crippen LogP contribution in [0.25, 0.3) is 0 Å². The standard InChI is InChI=1S/C17H19NO2/c1-12-6-8-14(9-7-12)16(19)11-18-17(20)15-5-3-4-13(2)10-15/h3-10,16,19H,11H2,1-2H3,(H,18,20)/t16-/m1/s1. The Labute approximate surface area is 119 Å². The van der Waals surface area contributed by atoms with E-state index in [4.69, 9.17) is 0 Å². The Kier molecular flexibility index (Phi) is 4.53. The van der Waals surface area contributed by atoms with Crippen molar-refractivity contribution in [3.05, 3.63) is 70.8 Å². The third-order valence-corrected chi connectivity index (χ3v) is 3.20. The van der Waals surface area contributed by atoms with E-state index >= 15 is 0 Å². The number of carbonyl (C=O) groups excluding carboxylic acids is 1. The molecule has 0 aliphatic rings. The highest BCUT2D eigenvalue weighted by molar-refractivity contribution is 5.94. The maximum Gasteiger partial charge on any atom is 0.251 e. The number of nitrogens with one attached hydrogen (secondary N) is 1. The van der Waals surface area contributed by atoms with Crippen LogP contribution in [-0.4, -0.2) is 17.6 Å². The molecule has 2 N–H and O–H groups in total. The number of carbonyl (C=O) groups is 1. The van der Waals surface area contributed by atoms with Crippen molar-refractivity contribution in [2.45, 2.75) is 20.0 Å². The molecule has 0 aliphatic carbocycles. The van der Waals surface area contributed by atoms with Crippen molar-refractivity contribution in [1.82, 2.24) is 5.32 Å². The van der Waals surface area contributed by atoms with Gasteiger partial charge < -0.3 is 10.4 Å². The van der Waals surface area contributed by atoms with E-state index in [0.717, 1.165) is 16.7 Å². The minimum atomic E-state index is -0.690. The van der Waals surface area contributed by atoms with Crippen LogP contribution >= 0.6 is 0 Å². The van der Waals surface area contributed by atoms with Gasteiger partial charge in [0.05, 0.1) is 6.10 Å². The second-order valence-electron chi connectivity index (χ2n) is 5.01. The molecule has 1 atom stereocenters. The SMILES string of the molecule is Cc1ccc([C@H](O)CNC(=O)c2cccc(C)c2)cc1. The van der Waals surface area contributed by atoms with E-state index < -0.39 is 6.10 Å². The van der Waals surface area contributed by atoms with E-state index in [9.17, 15) is 9.90 Å². The van der Waals surface area contributed by atoms with Crippen LogP contribution in [0.1, 0.15) is 33.2 Å². The van der Waals surface area contributed by atoms with Crippen molar-refractivity contribution < 1.29 is 9.90 Å². The highest BCUT2D eigenvalue weighted by atomic mass is 16.3. The molecule has 104 valence electrons. The summed E-state index contributed by atoms with van der Waals surface area (Å²) in [7, 11) is 0. The zero-order valence-electron chi connectivity index (χ0n) is 11.8. The zero-order chi connectivity index (χ0) is 14.5. The number of aliphatic hydroxyl groups is 1. The summed E-state index contributed by atoms with van der Waals surface area (Å²) in [6.07, 6.45) is -0.690. The van der Waals surface area contributed by atoms with Crippen LogP contribution in [0, 0.1) is 13.8 Å². The first-order valence-electron chi connectivity index (χ1n) is 6.66. The highest BCUT2D eigenvalue weighted by Gasteiger charge is 2.10. The average Bonchev–Trinajstić information content (AvgIpc) is 2.45. The molecule has 20 heavy (non-hydrogen) atoms. The molecule has 0 fully saturated rings. The first kappa shape index (κ1) is 14.3. The molecule has 0 spiro atoms. The van der Waals surface area contributed by atoms with Gasteiger partial charge in [0.1, 0.15) is 0 Å². The smallest absolute Gasteiger partial charge is 0.251 e.